The molecule has 2 N–H and O–H groups in total. The SMILES string of the molecule is O=Cc1ccccc1S(=O)(=O)N1Cc2[nH]c3ccccc3c2CC1C(=O)O. The third-order valence-electron chi connectivity index (χ3n) is 4.88. The average Bonchev–Trinajstić information content (AvgIpc) is 3.04. The number of carboxylic acid groups (broad SMARTS) is 1. The number of hydrogen-bond acceptors (Lipinski definition) is 4. The number of fused-ring (bicyclic) bond motifs is 3. The Hall–Kier alpha value is -2.97. The summed E-state index contributed by atoms with van der Waals surface area (Å²) in [6.45, 7) is -0.101. The molecule has 2 heterocycles. The number of aliphatic carboxylic acids is 1. The van der Waals surface area contributed by atoms with Crippen LogP contribution in [0.2, 0.25) is 0 Å². The van der Waals surface area contributed by atoms with Crippen molar-refractivity contribution in [1.29, 1.82) is 0 Å². The molecule has 4 rings (SSSR count). The molecule has 0 fully saturated rings. The molecule has 1 aliphatic rings. The monoisotopic (exact) mass is 384 g/mol. The van der Waals surface area contributed by atoms with Crippen LogP contribution in [0, 0.1) is 0 Å². The van der Waals surface area contributed by atoms with Gasteiger partial charge in [0.2, 0.25) is 10.0 Å². The van der Waals surface area contributed by atoms with Crippen LogP contribution in [0.25, 0.3) is 10.9 Å². The zero-order chi connectivity index (χ0) is 19.2. The summed E-state index contributed by atoms with van der Waals surface area (Å²) in [4.78, 5) is 26.2. The summed E-state index contributed by atoms with van der Waals surface area (Å²) in [7, 11) is -4.18. The minimum absolute atomic E-state index is 0.00378. The van der Waals surface area contributed by atoms with Crippen molar-refractivity contribution in [3.63, 3.8) is 0 Å². The molecule has 8 heteroatoms. The van der Waals surface area contributed by atoms with E-state index >= 15 is 0 Å². The average molecular weight is 384 g/mol. The zero-order valence-corrected chi connectivity index (χ0v) is 14.9. The highest BCUT2D eigenvalue weighted by Gasteiger charge is 2.41. The van der Waals surface area contributed by atoms with Crippen molar-refractivity contribution in [1.82, 2.24) is 9.29 Å². The third kappa shape index (κ3) is 2.73. The lowest BCUT2D eigenvalue weighted by atomic mass is 9.99. The van der Waals surface area contributed by atoms with Gasteiger partial charge in [-0.1, -0.05) is 36.4 Å². The fraction of sp³-hybridized carbons (Fsp3) is 0.158. The van der Waals surface area contributed by atoms with Crippen LogP contribution in [0.15, 0.2) is 53.4 Å². The van der Waals surface area contributed by atoms with E-state index in [9.17, 15) is 23.1 Å². The molecule has 0 saturated carbocycles. The van der Waals surface area contributed by atoms with Crippen molar-refractivity contribution in [2.24, 2.45) is 0 Å². The minimum atomic E-state index is -4.18. The smallest absolute Gasteiger partial charge is 0.322 e. The van der Waals surface area contributed by atoms with Crippen molar-refractivity contribution < 1.29 is 23.1 Å². The van der Waals surface area contributed by atoms with Crippen molar-refractivity contribution in [3.05, 3.63) is 65.4 Å². The Kier molecular flexibility index (Phi) is 4.09. The molecule has 0 amide bonds. The van der Waals surface area contributed by atoms with Gasteiger partial charge in [0.25, 0.3) is 0 Å². The number of hydrogen-bond donors (Lipinski definition) is 2. The summed E-state index contributed by atoms with van der Waals surface area (Å²) in [6, 6.07) is 12.0. The molecule has 0 bridgehead atoms. The molecule has 1 aromatic heterocycles. The summed E-state index contributed by atoms with van der Waals surface area (Å²) in [5, 5.41) is 10.6. The van der Waals surface area contributed by atoms with E-state index in [1.807, 2.05) is 24.3 Å². The lowest BCUT2D eigenvalue weighted by Gasteiger charge is -2.32. The van der Waals surface area contributed by atoms with Gasteiger partial charge in [0.1, 0.15) is 6.04 Å². The molecule has 0 saturated heterocycles. The Morgan fingerprint density at radius 1 is 1.15 bits per heavy atom. The van der Waals surface area contributed by atoms with Gasteiger partial charge in [0.05, 0.1) is 11.4 Å². The van der Waals surface area contributed by atoms with E-state index in [1.54, 1.807) is 6.07 Å². The van der Waals surface area contributed by atoms with E-state index in [0.29, 0.717) is 12.0 Å². The minimum Gasteiger partial charge on any atom is -0.480 e. The highest BCUT2D eigenvalue weighted by molar-refractivity contribution is 7.89. The number of para-hydroxylation sites is 1. The van der Waals surface area contributed by atoms with Crippen LogP contribution in [-0.4, -0.2) is 41.1 Å². The number of carboxylic acids is 1. The Bertz CT molecular complexity index is 1170. The summed E-state index contributed by atoms with van der Waals surface area (Å²) < 4.78 is 27.3. The number of aldehydes is 1. The van der Waals surface area contributed by atoms with Crippen LogP contribution < -0.4 is 0 Å². The number of nitrogens with one attached hydrogen (secondary N) is 1. The molecule has 27 heavy (non-hydrogen) atoms. The lowest BCUT2D eigenvalue weighted by molar-refractivity contribution is -0.141. The predicted octanol–water partition coefficient (Wildman–Crippen LogP) is 2.18. The summed E-state index contributed by atoms with van der Waals surface area (Å²) in [6.07, 6.45) is 0.512. The number of carbonyl (C=O) groups excluding carboxylic acids is 1. The Labute approximate surface area is 155 Å². The van der Waals surface area contributed by atoms with Gasteiger partial charge >= 0.3 is 5.97 Å². The molecule has 0 spiro atoms. The number of nitrogens with zero attached hydrogens (tertiary/aromatic N) is 1. The molecule has 2 aromatic carbocycles. The predicted molar refractivity (Wildman–Crippen MR) is 98.0 cm³/mol. The van der Waals surface area contributed by atoms with Crippen LogP contribution in [0.1, 0.15) is 21.6 Å². The first kappa shape index (κ1) is 17.4. The number of aromatic nitrogens is 1. The van der Waals surface area contributed by atoms with Gasteiger partial charge in [-0.2, -0.15) is 4.31 Å². The largest absolute Gasteiger partial charge is 0.480 e. The second kappa shape index (κ2) is 6.33. The van der Waals surface area contributed by atoms with E-state index in [2.05, 4.69) is 4.98 Å². The van der Waals surface area contributed by atoms with Crippen molar-refractivity contribution in [2.45, 2.75) is 23.9 Å². The fourth-order valence-corrected chi connectivity index (χ4v) is 5.30. The second-order valence-corrected chi connectivity index (χ2v) is 8.25. The first-order valence-corrected chi connectivity index (χ1v) is 9.75. The maximum absolute atomic E-state index is 13.2. The quantitative estimate of drug-likeness (QED) is 0.671. The Morgan fingerprint density at radius 3 is 2.59 bits per heavy atom. The fourth-order valence-electron chi connectivity index (χ4n) is 3.59. The highest BCUT2D eigenvalue weighted by atomic mass is 32.2. The van der Waals surface area contributed by atoms with Crippen LogP contribution in [-0.2, 0) is 27.8 Å². The summed E-state index contributed by atoms with van der Waals surface area (Å²) in [5.41, 5.74) is 2.32. The number of sulfonamides is 1. The number of rotatable bonds is 4. The van der Waals surface area contributed by atoms with Gasteiger partial charge in [-0.15, -0.1) is 0 Å². The number of H-pyrrole nitrogens is 1. The third-order valence-corrected chi connectivity index (χ3v) is 6.81. The maximum Gasteiger partial charge on any atom is 0.322 e. The molecule has 0 radical (unpaired) electrons. The first-order valence-electron chi connectivity index (χ1n) is 8.31. The van der Waals surface area contributed by atoms with Crippen LogP contribution in [0.5, 0.6) is 0 Å². The lowest BCUT2D eigenvalue weighted by Crippen LogP contribution is -2.48. The molecule has 0 aliphatic carbocycles. The van der Waals surface area contributed by atoms with Crippen LogP contribution >= 0.6 is 0 Å². The zero-order valence-electron chi connectivity index (χ0n) is 14.1. The normalized spacial score (nSPS) is 17.6. The molecule has 1 aliphatic heterocycles. The van der Waals surface area contributed by atoms with Gasteiger partial charge in [0, 0.05) is 28.6 Å². The van der Waals surface area contributed by atoms with Gasteiger partial charge < -0.3 is 10.1 Å². The number of aromatic amines is 1. The van der Waals surface area contributed by atoms with E-state index in [0.717, 1.165) is 20.8 Å². The maximum atomic E-state index is 13.2. The molecular weight excluding hydrogens is 368 g/mol. The Morgan fingerprint density at radius 2 is 1.85 bits per heavy atom. The van der Waals surface area contributed by atoms with Crippen molar-refractivity contribution in [3.8, 4) is 0 Å². The first-order chi connectivity index (χ1) is 12.9. The summed E-state index contributed by atoms with van der Waals surface area (Å²) >= 11 is 0. The van der Waals surface area contributed by atoms with Crippen LogP contribution in [0.3, 0.4) is 0 Å². The standard InChI is InChI=1S/C19H16N2O5S/c22-11-12-5-1-4-8-18(12)27(25,26)21-10-16-14(9-17(21)19(23)24)13-6-2-3-7-15(13)20-16/h1-8,11,17,20H,9-10H2,(H,23,24). The molecule has 1 atom stereocenters. The Balaban J connectivity index is 1.86. The van der Waals surface area contributed by atoms with Gasteiger partial charge in [-0.05, 0) is 17.7 Å². The molecule has 1 unspecified atom stereocenters. The second-order valence-electron chi connectivity index (χ2n) is 6.39. The highest BCUT2D eigenvalue weighted by Crippen LogP contribution is 2.34. The number of benzene rings is 2. The topological polar surface area (TPSA) is 108 Å². The van der Waals surface area contributed by atoms with E-state index in [1.165, 1.54) is 18.2 Å². The summed E-state index contributed by atoms with van der Waals surface area (Å²) in [5.74, 6) is -1.22. The van der Waals surface area contributed by atoms with Crippen LogP contribution in [0.4, 0.5) is 0 Å². The van der Waals surface area contributed by atoms with E-state index in [-0.39, 0.29) is 23.4 Å². The molecule has 7 nitrogen and oxygen atoms in total. The van der Waals surface area contributed by atoms with Gasteiger partial charge in [-0.3, -0.25) is 9.59 Å². The van der Waals surface area contributed by atoms with E-state index < -0.39 is 22.0 Å². The molecular formula is C19H16N2O5S. The molecule has 3 aromatic rings. The van der Waals surface area contributed by atoms with Gasteiger partial charge in [0.15, 0.2) is 6.29 Å². The van der Waals surface area contributed by atoms with Crippen molar-refractivity contribution in [2.75, 3.05) is 0 Å². The van der Waals surface area contributed by atoms with Gasteiger partial charge in [-0.25, -0.2) is 8.42 Å². The molecule has 138 valence electrons. The van der Waals surface area contributed by atoms with Crippen molar-refractivity contribution >= 4 is 33.2 Å². The number of carbonyl (C=O) groups is 2. The van der Waals surface area contributed by atoms with E-state index in [4.69, 9.17) is 0 Å².